The maximum atomic E-state index is 13.4. The Balaban J connectivity index is 1.74. The normalized spacial score (nSPS) is 25.2. The second kappa shape index (κ2) is 9.77. The van der Waals surface area contributed by atoms with Crippen LogP contribution in [-0.2, 0) is 14.3 Å². The number of hydrogen-bond donors (Lipinski definition) is 0. The van der Waals surface area contributed by atoms with Gasteiger partial charge in [-0.05, 0) is 46.5 Å². The monoisotopic (exact) mass is 443 g/mol. The van der Waals surface area contributed by atoms with E-state index in [1.807, 2.05) is 0 Å². The molecule has 3 saturated heterocycles. The highest BCUT2D eigenvalue weighted by molar-refractivity contribution is 5.90. The zero-order valence-electron chi connectivity index (χ0n) is 19.2. The Kier molecular flexibility index (Phi) is 7.28. The first-order valence-corrected chi connectivity index (χ1v) is 11.5. The first-order chi connectivity index (χ1) is 15.1. The molecule has 0 spiro atoms. The molecular formula is C23H33N5O4. The molecule has 0 aromatic rings. The van der Waals surface area contributed by atoms with Crippen LogP contribution in [0.15, 0.2) is 0 Å². The lowest BCUT2D eigenvalue weighted by molar-refractivity contribution is -0.145. The van der Waals surface area contributed by atoms with Crippen LogP contribution in [0.25, 0.3) is 0 Å². The molecule has 3 aliphatic rings. The lowest BCUT2D eigenvalue weighted by atomic mass is 9.90. The Hall–Kier alpha value is -2.81. The van der Waals surface area contributed by atoms with Crippen molar-refractivity contribution in [3.8, 4) is 12.1 Å². The van der Waals surface area contributed by atoms with E-state index in [2.05, 4.69) is 12.1 Å². The molecule has 0 saturated carbocycles. The topological polar surface area (TPSA) is 118 Å². The van der Waals surface area contributed by atoms with Gasteiger partial charge in [-0.25, -0.2) is 4.79 Å². The van der Waals surface area contributed by atoms with E-state index in [1.54, 1.807) is 30.6 Å². The number of ether oxygens (including phenoxy) is 1. The summed E-state index contributed by atoms with van der Waals surface area (Å²) in [4.78, 5) is 44.4. The highest BCUT2D eigenvalue weighted by atomic mass is 16.6. The summed E-state index contributed by atoms with van der Waals surface area (Å²) in [6.07, 6.45) is 2.00. The van der Waals surface area contributed by atoms with Crippen molar-refractivity contribution in [2.45, 2.75) is 52.1 Å². The van der Waals surface area contributed by atoms with E-state index in [4.69, 9.17) is 15.3 Å². The largest absolute Gasteiger partial charge is 0.444 e. The molecule has 3 fully saturated rings. The Bertz CT molecular complexity index is 754. The number of rotatable bonds is 2. The van der Waals surface area contributed by atoms with Gasteiger partial charge in [-0.2, -0.15) is 10.5 Å². The third-order valence-electron chi connectivity index (χ3n) is 6.58. The molecule has 0 aliphatic carbocycles. The van der Waals surface area contributed by atoms with Crippen molar-refractivity contribution in [1.82, 2.24) is 14.7 Å². The smallest absolute Gasteiger partial charge is 0.410 e. The third kappa shape index (κ3) is 5.51. The van der Waals surface area contributed by atoms with Crippen molar-refractivity contribution >= 4 is 17.9 Å². The van der Waals surface area contributed by atoms with E-state index in [9.17, 15) is 14.4 Å². The fourth-order valence-corrected chi connectivity index (χ4v) is 4.71. The maximum Gasteiger partial charge on any atom is 0.410 e. The van der Waals surface area contributed by atoms with E-state index >= 15 is 0 Å². The maximum absolute atomic E-state index is 13.4. The zero-order valence-corrected chi connectivity index (χ0v) is 19.2. The van der Waals surface area contributed by atoms with Crippen LogP contribution in [0, 0.1) is 46.3 Å². The molecule has 9 nitrogen and oxygen atoms in total. The molecule has 9 heteroatoms. The lowest BCUT2D eigenvalue weighted by Crippen LogP contribution is -2.48. The van der Waals surface area contributed by atoms with E-state index in [1.165, 1.54) is 4.90 Å². The molecule has 32 heavy (non-hydrogen) atoms. The summed E-state index contributed by atoms with van der Waals surface area (Å²) in [7, 11) is 0. The summed E-state index contributed by atoms with van der Waals surface area (Å²) in [5.41, 5.74) is -0.670. The third-order valence-corrected chi connectivity index (χ3v) is 6.58. The minimum absolute atomic E-state index is 0.0419. The summed E-state index contributed by atoms with van der Waals surface area (Å²) in [5, 5.41) is 18.3. The minimum Gasteiger partial charge on any atom is -0.444 e. The van der Waals surface area contributed by atoms with Crippen LogP contribution in [0.5, 0.6) is 0 Å². The summed E-state index contributed by atoms with van der Waals surface area (Å²) in [6.45, 7) is 7.63. The van der Waals surface area contributed by atoms with Gasteiger partial charge >= 0.3 is 6.09 Å². The van der Waals surface area contributed by atoms with Gasteiger partial charge < -0.3 is 19.4 Å². The number of nitrogens with zero attached hydrogens (tertiary/aromatic N) is 5. The molecule has 0 aromatic carbocycles. The van der Waals surface area contributed by atoms with Gasteiger partial charge in [0.15, 0.2) is 0 Å². The summed E-state index contributed by atoms with van der Waals surface area (Å²) in [6, 6.07) is 4.53. The molecule has 3 aliphatic heterocycles. The first kappa shape index (κ1) is 23.8. The van der Waals surface area contributed by atoms with E-state index in [0.717, 1.165) is 0 Å². The minimum atomic E-state index is -0.670. The molecule has 0 bridgehead atoms. The van der Waals surface area contributed by atoms with Crippen molar-refractivity contribution in [2.75, 3.05) is 39.3 Å². The summed E-state index contributed by atoms with van der Waals surface area (Å²) in [5.74, 6) is -1.58. The zero-order chi connectivity index (χ0) is 23.5. The molecule has 174 valence electrons. The van der Waals surface area contributed by atoms with E-state index < -0.39 is 23.5 Å². The molecular weight excluding hydrogens is 410 g/mol. The average molecular weight is 444 g/mol. The fourth-order valence-electron chi connectivity index (χ4n) is 4.71. The highest BCUT2D eigenvalue weighted by Gasteiger charge is 2.47. The van der Waals surface area contributed by atoms with Gasteiger partial charge in [0, 0.05) is 51.1 Å². The molecule has 0 unspecified atom stereocenters. The SMILES string of the molecule is CC(C)(C)OC(=O)N1C[C@H](C(=O)N2CCC(C#N)CC2)[C@@H](C(=O)N2CCC(C#N)CC2)C1. The number of carbonyl (C=O) groups is 3. The van der Waals surface area contributed by atoms with E-state index in [0.29, 0.717) is 51.9 Å². The summed E-state index contributed by atoms with van der Waals surface area (Å²) < 4.78 is 5.49. The number of likely N-dealkylation sites (tertiary alicyclic amines) is 3. The Morgan fingerprint density at radius 3 is 1.44 bits per heavy atom. The number of carbonyl (C=O) groups excluding carboxylic acids is 3. The van der Waals surface area contributed by atoms with Crippen molar-refractivity contribution < 1.29 is 19.1 Å². The molecule has 3 heterocycles. The van der Waals surface area contributed by atoms with Crippen molar-refractivity contribution in [3.05, 3.63) is 0 Å². The molecule has 3 amide bonds. The average Bonchev–Trinajstić information content (AvgIpc) is 3.23. The predicted octanol–water partition coefficient (Wildman–Crippen LogP) is 1.99. The molecule has 0 radical (unpaired) electrons. The van der Waals surface area contributed by atoms with Gasteiger partial charge in [-0.15, -0.1) is 0 Å². The Morgan fingerprint density at radius 2 is 1.12 bits per heavy atom. The number of nitriles is 2. The fraction of sp³-hybridized carbons (Fsp3) is 0.783. The van der Waals surface area contributed by atoms with Crippen LogP contribution < -0.4 is 0 Å². The van der Waals surface area contributed by atoms with Crippen LogP contribution in [0.4, 0.5) is 4.79 Å². The van der Waals surface area contributed by atoms with Crippen LogP contribution in [0.3, 0.4) is 0 Å². The summed E-state index contributed by atoms with van der Waals surface area (Å²) >= 11 is 0. The second-order valence-electron chi connectivity index (χ2n) is 10.1. The Labute approximate surface area is 189 Å². The number of piperidine rings is 2. The van der Waals surface area contributed by atoms with Gasteiger partial charge in [0.25, 0.3) is 0 Å². The van der Waals surface area contributed by atoms with Gasteiger partial charge in [0.2, 0.25) is 11.8 Å². The lowest BCUT2D eigenvalue weighted by Gasteiger charge is -2.34. The molecule has 0 N–H and O–H groups in total. The standard InChI is InChI=1S/C23H33N5O4/c1-23(2,3)32-22(31)28-14-18(20(29)26-8-4-16(12-24)5-9-26)19(15-28)21(30)27-10-6-17(13-25)7-11-27/h16-19H,4-11,14-15H2,1-3H3/t18-,19-/m0/s1. The number of hydrogen-bond acceptors (Lipinski definition) is 6. The van der Waals surface area contributed by atoms with Crippen LogP contribution >= 0.6 is 0 Å². The van der Waals surface area contributed by atoms with Crippen LogP contribution in [-0.4, -0.2) is 77.5 Å². The van der Waals surface area contributed by atoms with Crippen molar-refractivity contribution in [3.63, 3.8) is 0 Å². The van der Waals surface area contributed by atoms with Gasteiger partial charge in [-0.3, -0.25) is 9.59 Å². The van der Waals surface area contributed by atoms with Crippen molar-refractivity contribution in [2.24, 2.45) is 23.7 Å². The van der Waals surface area contributed by atoms with Crippen LogP contribution in [0.1, 0.15) is 46.5 Å². The molecule has 3 rings (SSSR count). The highest BCUT2D eigenvalue weighted by Crippen LogP contribution is 2.31. The van der Waals surface area contributed by atoms with Crippen molar-refractivity contribution in [1.29, 1.82) is 10.5 Å². The second-order valence-corrected chi connectivity index (χ2v) is 10.1. The molecule has 2 atom stereocenters. The molecule has 0 aromatic heterocycles. The Morgan fingerprint density at radius 1 is 0.750 bits per heavy atom. The van der Waals surface area contributed by atoms with E-state index in [-0.39, 0.29) is 36.7 Å². The van der Waals surface area contributed by atoms with Gasteiger partial charge in [-0.1, -0.05) is 0 Å². The van der Waals surface area contributed by atoms with Gasteiger partial charge in [0.1, 0.15) is 5.60 Å². The number of amides is 3. The quantitative estimate of drug-likeness (QED) is 0.644. The first-order valence-electron chi connectivity index (χ1n) is 11.5. The van der Waals surface area contributed by atoms with Gasteiger partial charge in [0.05, 0.1) is 24.0 Å². The predicted molar refractivity (Wildman–Crippen MR) is 115 cm³/mol. The van der Waals surface area contributed by atoms with Crippen LogP contribution in [0.2, 0.25) is 0 Å².